The van der Waals surface area contributed by atoms with Crippen LogP contribution < -0.4 is 10.5 Å². The summed E-state index contributed by atoms with van der Waals surface area (Å²) in [6, 6.07) is 7.84. The van der Waals surface area contributed by atoms with E-state index in [9.17, 15) is 4.79 Å². The molecule has 0 aromatic heterocycles. The van der Waals surface area contributed by atoms with Crippen molar-refractivity contribution in [1.82, 2.24) is 0 Å². The molecule has 0 heterocycles. The summed E-state index contributed by atoms with van der Waals surface area (Å²) in [4.78, 5) is 10.7. The minimum absolute atomic E-state index is 0.271. The predicted octanol–water partition coefficient (Wildman–Crippen LogP) is 2.28. The van der Waals surface area contributed by atoms with Gasteiger partial charge in [-0.15, -0.1) is 0 Å². The van der Waals surface area contributed by atoms with Gasteiger partial charge in [0.25, 0.3) is 0 Å². The second kappa shape index (κ2) is 6.28. The van der Waals surface area contributed by atoms with Crippen LogP contribution in [0.5, 0.6) is 5.75 Å². The lowest BCUT2D eigenvalue weighted by atomic mass is 10.0. The van der Waals surface area contributed by atoms with Gasteiger partial charge in [0.2, 0.25) is 0 Å². The number of nitrogens with two attached hydrogens (primary N) is 1. The van der Waals surface area contributed by atoms with Crippen LogP contribution >= 0.6 is 0 Å². The fourth-order valence-electron chi connectivity index (χ4n) is 1.45. The highest BCUT2D eigenvalue weighted by Gasteiger charge is 2.01. The van der Waals surface area contributed by atoms with E-state index in [1.54, 1.807) is 0 Å². The summed E-state index contributed by atoms with van der Waals surface area (Å²) < 4.78 is 4.95. The van der Waals surface area contributed by atoms with Gasteiger partial charge in [-0.1, -0.05) is 19.1 Å². The molecule has 1 aromatic carbocycles. The molecule has 0 spiro atoms. The van der Waals surface area contributed by atoms with E-state index in [-0.39, 0.29) is 12.0 Å². The highest BCUT2D eigenvalue weighted by atomic mass is 16.5. The zero-order chi connectivity index (χ0) is 12.0. The van der Waals surface area contributed by atoms with Crippen LogP contribution in [0.15, 0.2) is 24.3 Å². The summed E-state index contributed by atoms with van der Waals surface area (Å²) in [5.41, 5.74) is 7.07. The lowest BCUT2D eigenvalue weighted by Crippen LogP contribution is -2.19. The van der Waals surface area contributed by atoms with Crippen molar-refractivity contribution in [2.45, 2.75) is 39.2 Å². The van der Waals surface area contributed by atoms with Crippen LogP contribution in [-0.2, 0) is 11.2 Å². The molecule has 1 rings (SSSR count). The smallest absolute Gasteiger partial charge is 0.308 e. The molecule has 2 N–H and O–H groups in total. The summed E-state index contributed by atoms with van der Waals surface area (Å²) in [6.07, 6.45) is 2.96. The second-order valence-electron chi connectivity index (χ2n) is 3.94. The molecule has 0 radical (unpaired) electrons. The Hall–Kier alpha value is -1.35. The molecule has 0 bridgehead atoms. The van der Waals surface area contributed by atoms with Crippen LogP contribution in [0.25, 0.3) is 0 Å². The molecule has 3 heteroatoms. The first kappa shape index (κ1) is 12.7. The Balaban J connectivity index is 2.48. The van der Waals surface area contributed by atoms with Gasteiger partial charge in [0.15, 0.2) is 0 Å². The largest absolute Gasteiger partial charge is 0.427 e. The number of hydrogen-bond donors (Lipinski definition) is 1. The molecule has 16 heavy (non-hydrogen) atoms. The molecule has 0 aliphatic heterocycles. The maximum atomic E-state index is 10.7. The Bertz CT molecular complexity index is 332. The zero-order valence-electron chi connectivity index (χ0n) is 9.90. The fraction of sp³-hybridized carbons (Fsp3) is 0.462. The third-order valence-electron chi connectivity index (χ3n) is 2.51. The maximum Gasteiger partial charge on any atom is 0.308 e. The van der Waals surface area contributed by atoms with Gasteiger partial charge in [-0.2, -0.15) is 0 Å². The van der Waals surface area contributed by atoms with E-state index >= 15 is 0 Å². The normalized spacial score (nSPS) is 12.2. The van der Waals surface area contributed by atoms with Crippen molar-refractivity contribution >= 4 is 5.97 Å². The van der Waals surface area contributed by atoms with Gasteiger partial charge >= 0.3 is 5.97 Å². The molecule has 0 amide bonds. The number of carbonyl (C=O) groups is 1. The maximum absolute atomic E-state index is 10.7. The average Bonchev–Trinajstić information content (AvgIpc) is 2.27. The van der Waals surface area contributed by atoms with Crippen molar-refractivity contribution in [3.63, 3.8) is 0 Å². The second-order valence-corrected chi connectivity index (χ2v) is 3.94. The molecule has 88 valence electrons. The van der Waals surface area contributed by atoms with Gasteiger partial charge in [0.05, 0.1) is 0 Å². The van der Waals surface area contributed by atoms with E-state index in [2.05, 4.69) is 6.92 Å². The first-order valence-electron chi connectivity index (χ1n) is 5.64. The molecular formula is C13H19NO2. The first-order chi connectivity index (χ1) is 7.61. The molecule has 1 atom stereocenters. The Morgan fingerprint density at radius 2 is 2.00 bits per heavy atom. The zero-order valence-corrected chi connectivity index (χ0v) is 9.90. The van der Waals surface area contributed by atoms with Gasteiger partial charge in [-0.25, -0.2) is 0 Å². The Labute approximate surface area is 96.6 Å². The van der Waals surface area contributed by atoms with Gasteiger partial charge in [0, 0.05) is 13.0 Å². The molecule has 0 unspecified atom stereocenters. The van der Waals surface area contributed by atoms with Crippen molar-refractivity contribution in [1.29, 1.82) is 0 Å². The summed E-state index contributed by atoms with van der Waals surface area (Å²) in [7, 11) is 0. The summed E-state index contributed by atoms with van der Waals surface area (Å²) in [5.74, 6) is 0.303. The van der Waals surface area contributed by atoms with Crippen LogP contribution in [0.2, 0.25) is 0 Å². The average molecular weight is 221 g/mol. The highest BCUT2D eigenvalue weighted by Crippen LogP contribution is 2.14. The van der Waals surface area contributed by atoms with Crippen molar-refractivity contribution in [2.24, 2.45) is 5.73 Å². The third-order valence-corrected chi connectivity index (χ3v) is 2.51. The predicted molar refractivity (Wildman–Crippen MR) is 64.3 cm³/mol. The molecule has 0 saturated heterocycles. The van der Waals surface area contributed by atoms with Crippen LogP contribution in [0.3, 0.4) is 0 Å². The standard InChI is InChI=1S/C13H19NO2/c1-3-12(14)7-4-11-5-8-13(9-6-11)16-10(2)15/h5-6,8-9,12H,3-4,7,14H2,1-2H3/t12-/m0/s1. The first-order valence-corrected chi connectivity index (χ1v) is 5.64. The highest BCUT2D eigenvalue weighted by molar-refractivity contribution is 5.69. The van der Waals surface area contributed by atoms with Crippen molar-refractivity contribution < 1.29 is 9.53 Å². The molecule has 0 aliphatic rings. The van der Waals surface area contributed by atoms with E-state index in [0.717, 1.165) is 19.3 Å². The van der Waals surface area contributed by atoms with E-state index < -0.39 is 0 Å². The number of esters is 1. The van der Waals surface area contributed by atoms with Crippen molar-refractivity contribution in [3.05, 3.63) is 29.8 Å². The molecule has 1 aromatic rings. The molecule has 3 nitrogen and oxygen atoms in total. The van der Waals surface area contributed by atoms with Crippen molar-refractivity contribution in [3.8, 4) is 5.75 Å². The van der Waals surface area contributed by atoms with Crippen molar-refractivity contribution in [2.75, 3.05) is 0 Å². The summed E-state index contributed by atoms with van der Waals surface area (Å²) >= 11 is 0. The SMILES string of the molecule is CC[C@H](N)CCc1ccc(OC(C)=O)cc1. The number of aryl methyl sites for hydroxylation is 1. The fourth-order valence-corrected chi connectivity index (χ4v) is 1.45. The van der Waals surface area contributed by atoms with Crippen LogP contribution in [0, 0.1) is 0 Å². The Morgan fingerprint density at radius 3 is 2.50 bits per heavy atom. The molecule has 0 aliphatic carbocycles. The molecular weight excluding hydrogens is 202 g/mol. The van der Waals surface area contributed by atoms with Gasteiger partial charge < -0.3 is 10.5 Å². The number of hydrogen-bond acceptors (Lipinski definition) is 3. The van der Waals surface area contributed by atoms with Gasteiger partial charge in [-0.3, -0.25) is 4.79 Å². The molecule has 0 saturated carbocycles. The number of ether oxygens (including phenoxy) is 1. The van der Waals surface area contributed by atoms with E-state index in [1.807, 2.05) is 24.3 Å². The van der Waals surface area contributed by atoms with Crippen LogP contribution in [0.4, 0.5) is 0 Å². The third kappa shape index (κ3) is 4.45. The number of benzene rings is 1. The van der Waals surface area contributed by atoms with E-state index in [0.29, 0.717) is 5.75 Å². The van der Waals surface area contributed by atoms with Crippen LogP contribution in [0.1, 0.15) is 32.3 Å². The minimum Gasteiger partial charge on any atom is -0.427 e. The van der Waals surface area contributed by atoms with E-state index in [1.165, 1.54) is 12.5 Å². The lowest BCUT2D eigenvalue weighted by molar-refractivity contribution is -0.131. The number of carbonyl (C=O) groups excluding carboxylic acids is 1. The van der Waals surface area contributed by atoms with E-state index in [4.69, 9.17) is 10.5 Å². The van der Waals surface area contributed by atoms with Crippen LogP contribution in [-0.4, -0.2) is 12.0 Å². The summed E-state index contributed by atoms with van der Waals surface area (Å²) in [6.45, 7) is 3.49. The lowest BCUT2D eigenvalue weighted by Gasteiger charge is -2.08. The topological polar surface area (TPSA) is 52.3 Å². The monoisotopic (exact) mass is 221 g/mol. The number of rotatable bonds is 5. The molecule has 0 fully saturated rings. The van der Waals surface area contributed by atoms with Gasteiger partial charge in [-0.05, 0) is 37.0 Å². The van der Waals surface area contributed by atoms with Gasteiger partial charge in [0.1, 0.15) is 5.75 Å². The quantitative estimate of drug-likeness (QED) is 0.613. The Kier molecular flexibility index (Phi) is 4.99. The Morgan fingerprint density at radius 1 is 1.38 bits per heavy atom. The summed E-state index contributed by atoms with van der Waals surface area (Å²) in [5, 5.41) is 0. The minimum atomic E-state index is -0.291.